The van der Waals surface area contributed by atoms with Crippen LogP contribution >= 0.6 is 11.3 Å². The fraction of sp³-hybridized carbons (Fsp3) is 0.412. The monoisotopic (exact) mass is 332 g/mol. The quantitative estimate of drug-likeness (QED) is 0.846. The van der Waals surface area contributed by atoms with Crippen LogP contribution in [0.25, 0.3) is 0 Å². The molecule has 122 valence electrons. The Morgan fingerprint density at radius 2 is 2.30 bits per heavy atom. The molecule has 0 aromatic carbocycles. The first-order valence-electron chi connectivity index (χ1n) is 7.62. The van der Waals surface area contributed by atoms with E-state index in [2.05, 4.69) is 6.07 Å². The second-order valence-corrected chi connectivity index (χ2v) is 6.98. The second-order valence-electron chi connectivity index (χ2n) is 5.98. The molecule has 1 fully saturated rings. The van der Waals surface area contributed by atoms with Crippen LogP contribution in [0, 0.1) is 12.8 Å². The third-order valence-corrected chi connectivity index (χ3v) is 5.22. The maximum atomic E-state index is 12.6. The van der Waals surface area contributed by atoms with Gasteiger partial charge in [0.15, 0.2) is 0 Å². The minimum atomic E-state index is -0.261. The summed E-state index contributed by atoms with van der Waals surface area (Å²) >= 11 is 1.66. The Bertz CT molecular complexity index is 693. The van der Waals surface area contributed by atoms with E-state index in [0.717, 1.165) is 5.76 Å². The van der Waals surface area contributed by atoms with Gasteiger partial charge in [-0.3, -0.25) is 9.59 Å². The van der Waals surface area contributed by atoms with Crippen LogP contribution in [-0.4, -0.2) is 35.2 Å². The molecule has 1 saturated heterocycles. The Hall–Kier alpha value is -2.08. The lowest BCUT2D eigenvalue weighted by Gasteiger charge is -2.21. The second kappa shape index (κ2) is 6.58. The number of hydrogen-bond donors (Lipinski definition) is 0. The van der Waals surface area contributed by atoms with Crippen molar-refractivity contribution in [1.82, 2.24) is 9.80 Å². The predicted molar refractivity (Wildman–Crippen MR) is 87.8 cm³/mol. The highest BCUT2D eigenvalue weighted by Crippen LogP contribution is 2.24. The highest BCUT2D eigenvalue weighted by molar-refractivity contribution is 7.10. The fourth-order valence-corrected chi connectivity index (χ4v) is 3.81. The summed E-state index contributed by atoms with van der Waals surface area (Å²) in [6, 6.07) is 5.70. The molecule has 2 aromatic heterocycles. The maximum absolute atomic E-state index is 12.6. The van der Waals surface area contributed by atoms with Crippen LogP contribution in [0.2, 0.25) is 0 Å². The standard InChI is InChI=1S/C17H20N2O3S/c1-12-5-7-23-15(12)11-18(2)17(21)13-8-16(20)19(9-13)10-14-4-3-6-22-14/h3-7,13H,8-11H2,1-2H3/t13-/m1/s1. The van der Waals surface area contributed by atoms with E-state index in [1.54, 1.807) is 40.5 Å². The highest BCUT2D eigenvalue weighted by Gasteiger charge is 2.36. The Morgan fingerprint density at radius 1 is 1.48 bits per heavy atom. The number of amides is 2. The fourth-order valence-electron chi connectivity index (χ4n) is 2.85. The largest absolute Gasteiger partial charge is 0.467 e. The summed E-state index contributed by atoms with van der Waals surface area (Å²) in [7, 11) is 1.81. The minimum Gasteiger partial charge on any atom is -0.467 e. The summed E-state index contributed by atoms with van der Waals surface area (Å²) in [6.07, 6.45) is 1.88. The van der Waals surface area contributed by atoms with Crippen LogP contribution in [0.3, 0.4) is 0 Å². The van der Waals surface area contributed by atoms with Gasteiger partial charge >= 0.3 is 0 Å². The van der Waals surface area contributed by atoms with E-state index in [1.807, 2.05) is 18.4 Å². The van der Waals surface area contributed by atoms with Gasteiger partial charge in [-0.1, -0.05) is 0 Å². The van der Waals surface area contributed by atoms with Crippen molar-refractivity contribution in [2.75, 3.05) is 13.6 Å². The van der Waals surface area contributed by atoms with Gasteiger partial charge in [0.25, 0.3) is 0 Å². The first-order chi connectivity index (χ1) is 11.0. The molecule has 23 heavy (non-hydrogen) atoms. The molecule has 0 aliphatic carbocycles. The van der Waals surface area contributed by atoms with Gasteiger partial charge < -0.3 is 14.2 Å². The van der Waals surface area contributed by atoms with E-state index in [9.17, 15) is 9.59 Å². The molecular formula is C17H20N2O3S. The highest BCUT2D eigenvalue weighted by atomic mass is 32.1. The molecule has 1 aliphatic rings. The number of carbonyl (C=O) groups is 2. The van der Waals surface area contributed by atoms with E-state index in [4.69, 9.17) is 4.42 Å². The van der Waals surface area contributed by atoms with Gasteiger partial charge in [-0.2, -0.15) is 0 Å². The van der Waals surface area contributed by atoms with E-state index < -0.39 is 0 Å². The number of likely N-dealkylation sites (tertiary alicyclic amines) is 1. The van der Waals surface area contributed by atoms with E-state index in [1.165, 1.54) is 10.4 Å². The Balaban J connectivity index is 1.59. The van der Waals surface area contributed by atoms with Crippen LogP contribution < -0.4 is 0 Å². The van der Waals surface area contributed by atoms with E-state index in [0.29, 0.717) is 19.6 Å². The van der Waals surface area contributed by atoms with Crippen LogP contribution in [-0.2, 0) is 22.7 Å². The van der Waals surface area contributed by atoms with Crippen molar-refractivity contribution < 1.29 is 14.0 Å². The molecule has 2 aromatic rings. The summed E-state index contributed by atoms with van der Waals surface area (Å²) in [5, 5.41) is 2.03. The van der Waals surface area contributed by atoms with Crippen LogP contribution in [0.4, 0.5) is 0 Å². The average molecular weight is 332 g/mol. The first-order valence-corrected chi connectivity index (χ1v) is 8.50. The first kappa shape index (κ1) is 15.8. The van der Waals surface area contributed by atoms with Crippen molar-refractivity contribution >= 4 is 23.2 Å². The van der Waals surface area contributed by atoms with Gasteiger partial charge in [0.2, 0.25) is 11.8 Å². The number of thiophene rings is 1. The minimum absolute atomic E-state index is 0.0143. The topological polar surface area (TPSA) is 53.8 Å². The lowest BCUT2D eigenvalue weighted by atomic mass is 10.1. The third kappa shape index (κ3) is 3.47. The number of nitrogens with zero attached hydrogens (tertiary/aromatic N) is 2. The van der Waals surface area contributed by atoms with Gasteiger partial charge in [-0.25, -0.2) is 0 Å². The zero-order valence-corrected chi connectivity index (χ0v) is 14.1. The molecule has 1 aliphatic heterocycles. The average Bonchev–Trinajstić information content (AvgIpc) is 3.24. The summed E-state index contributed by atoms with van der Waals surface area (Å²) in [5.74, 6) is 0.533. The van der Waals surface area contributed by atoms with Crippen molar-refractivity contribution in [1.29, 1.82) is 0 Å². The number of aryl methyl sites for hydroxylation is 1. The zero-order valence-electron chi connectivity index (χ0n) is 13.3. The molecule has 3 heterocycles. The molecule has 6 heteroatoms. The summed E-state index contributed by atoms with van der Waals surface area (Å²) in [5.41, 5.74) is 1.21. The van der Waals surface area contributed by atoms with E-state index >= 15 is 0 Å². The van der Waals surface area contributed by atoms with Gasteiger partial charge in [0.05, 0.1) is 25.3 Å². The molecule has 0 unspecified atom stereocenters. The van der Waals surface area contributed by atoms with Crippen LogP contribution in [0.5, 0.6) is 0 Å². The molecule has 5 nitrogen and oxygen atoms in total. The molecule has 0 N–H and O–H groups in total. The summed E-state index contributed by atoms with van der Waals surface area (Å²) < 4.78 is 5.28. The third-order valence-electron chi connectivity index (χ3n) is 4.22. The summed E-state index contributed by atoms with van der Waals surface area (Å²) in [6.45, 7) is 3.55. The van der Waals surface area contributed by atoms with Gasteiger partial charge in [-0.15, -0.1) is 11.3 Å². The number of hydrogen-bond acceptors (Lipinski definition) is 4. The lowest BCUT2D eigenvalue weighted by Crippen LogP contribution is -2.34. The number of rotatable bonds is 5. The molecule has 3 rings (SSSR count). The van der Waals surface area contributed by atoms with Crippen LogP contribution in [0.1, 0.15) is 22.6 Å². The smallest absolute Gasteiger partial charge is 0.228 e. The Kier molecular flexibility index (Phi) is 4.52. The molecule has 0 bridgehead atoms. The predicted octanol–water partition coefficient (Wildman–Crippen LogP) is 2.66. The molecule has 1 atom stereocenters. The molecular weight excluding hydrogens is 312 g/mol. The summed E-state index contributed by atoms with van der Waals surface area (Å²) in [4.78, 5) is 29.4. The number of carbonyl (C=O) groups excluding carboxylic acids is 2. The molecule has 0 saturated carbocycles. The Morgan fingerprint density at radius 3 is 2.96 bits per heavy atom. The van der Waals surface area contributed by atoms with Crippen molar-refractivity contribution in [2.24, 2.45) is 5.92 Å². The molecule has 2 amide bonds. The SMILES string of the molecule is Cc1ccsc1CN(C)C(=O)[C@@H]1CC(=O)N(Cc2ccco2)C1. The van der Waals surface area contributed by atoms with Crippen molar-refractivity contribution in [3.63, 3.8) is 0 Å². The molecule has 0 spiro atoms. The van der Waals surface area contributed by atoms with E-state index in [-0.39, 0.29) is 24.2 Å². The van der Waals surface area contributed by atoms with Crippen molar-refractivity contribution in [3.8, 4) is 0 Å². The van der Waals surface area contributed by atoms with Crippen molar-refractivity contribution in [2.45, 2.75) is 26.4 Å². The van der Waals surface area contributed by atoms with Gasteiger partial charge in [-0.05, 0) is 36.1 Å². The normalized spacial score (nSPS) is 17.7. The lowest BCUT2D eigenvalue weighted by molar-refractivity contribution is -0.135. The number of furan rings is 1. The van der Waals surface area contributed by atoms with Crippen molar-refractivity contribution in [3.05, 3.63) is 46.0 Å². The Labute approximate surface area is 139 Å². The zero-order chi connectivity index (χ0) is 16.4. The maximum Gasteiger partial charge on any atom is 0.228 e. The van der Waals surface area contributed by atoms with Crippen LogP contribution in [0.15, 0.2) is 34.3 Å². The molecule has 0 radical (unpaired) electrons. The van der Waals surface area contributed by atoms with Gasteiger partial charge in [0, 0.05) is 24.9 Å². The van der Waals surface area contributed by atoms with Gasteiger partial charge in [0.1, 0.15) is 5.76 Å².